The summed E-state index contributed by atoms with van der Waals surface area (Å²) in [5, 5.41) is 5.64. The molecule has 0 saturated carbocycles. The molecule has 6 rings (SSSR count). The van der Waals surface area contributed by atoms with Gasteiger partial charge in [0.05, 0.1) is 25.5 Å². The molecule has 1 fully saturated rings. The lowest BCUT2D eigenvalue weighted by molar-refractivity contribution is -0.130. The predicted molar refractivity (Wildman–Crippen MR) is 214 cm³/mol. The lowest BCUT2D eigenvalue weighted by Crippen LogP contribution is -2.42. The van der Waals surface area contributed by atoms with Crippen molar-refractivity contribution in [2.75, 3.05) is 41.5 Å². The lowest BCUT2D eigenvalue weighted by atomic mass is 9.93. The number of carbonyl (C=O) groups excluding carboxylic acids is 3. The van der Waals surface area contributed by atoms with Crippen molar-refractivity contribution in [1.29, 1.82) is 0 Å². The minimum Gasteiger partial charge on any atom is -0.481 e. The summed E-state index contributed by atoms with van der Waals surface area (Å²) in [7, 11) is 1.55. The van der Waals surface area contributed by atoms with Crippen LogP contribution in [0, 0.1) is 0 Å². The molecule has 1 saturated heterocycles. The fourth-order valence-electron chi connectivity index (χ4n) is 5.80. The molecule has 4 N–H and O–H groups in total. The normalized spacial score (nSPS) is 13.1. The zero-order valence-corrected chi connectivity index (χ0v) is 31.3. The van der Waals surface area contributed by atoms with E-state index in [4.69, 9.17) is 4.74 Å². The Hall–Kier alpha value is -5.46. The molecule has 12 heteroatoms. The SMILES string of the molecule is COc1ccc(NC(=O)c2cccc(SNc3ccc(C(C)c4ccc(NSc5cccc(C(=O)NCC(=O)N6CCCCC6)c5)cc4)cc3)c2)cn1. The molecule has 3 amide bonds. The quantitative estimate of drug-likeness (QED) is 0.0829. The number of hydrogen-bond donors (Lipinski definition) is 4. The number of anilines is 3. The van der Waals surface area contributed by atoms with Crippen LogP contribution >= 0.6 is 23.9 Å². The zero-order valence-electron chi connectivity index (χ0n) is 29.6. The van der Waals surface area contributed by atoms with Gasteiger partial charge in [0.2, 0.25) is 11.8 Å². The average Bonchev–Trinajstić information content (AvgIpc) is 3.22. The van der Waals surface area contributed by atoms with Gasteiger partial charge in [0.15, 0.2) is 0 Å². The highest BCUT2D eigenvalue weighted by Gasteiger charge is 2.18. The van der Waals surface area contributed by atoms with E-state index in [0.717, 1.165) is 53.5 Å². The van der Waals surface area contributed by atoms with Gasteiger partial charge in [0, 0.05) is 57.4 Å². The molecule has 0 radical (unpaired) electrons. The molecule has 0 bridgehead atoms. The average molecular weight is 747 g/mol. The Kier molecular flexibility index (Phi) is 12.9. The van der Waals surface area contributed by atoms with Crippen LogP contribution in [-0.2, 0) is 4.79 Å². The van der Waals surface area contributed by atoms with Gasteiger partial charge < -0.3 is 29.7 Å². The number of amides is 3. The van der Waals surface area contributed by atoms with E-state index in [9.17, 15) is 14.4 Å². The number of piperidine rings is 1. The molecule has 5 aromatic rings. The van der Waals surface area contributed by atoms with Gasteiger partial charge in [-0.15, -0.1) is 0 Å². The van der Waals surface area contributed by atoms with Gasteiger partial charge in [-0.3, -0.25) is 14.4 Å². The number of ether oxygens (including phenoxy) is 1. The third kappa shape index (κ3) is 10.6. The van der Waals surface area contributed by atoms with Crippen molar-refractivity contribution >= 4 is 58.7 Å². The molecule has 53 heavy (non-hydrogen) atoms. The van der Waals surface area contributed by atoms with Gasteiger partial charge in [0.25, 0.3) is 11.8 Å². The van der Waals surface area contributed by atoms with Crippen molar-refractivity contribution in [3.05, 3.63) is 138 Å². The first kappa shape index (κ1) is 37.3. The summed E-state index contributed by atoms with van der Waals surface area (Å²) in [4.78, 5) is 45.8. The molecular formula is C41H42N6O4S2. The lowest BCUT2D eigenvalue weighted by Gasteiger charge is -2.26. The summed E-state index contributed by atoms with van der Waals surface area (Å²) in [6, 6.07) is 34.9. The minimum atomic E-state index is -0.255. The maximum Gasteiger partial charge on any atom is 0.255 e. The number of likely N-dealkylation sites (tertiary alicyclic amines) is 1. The molecule has 1 aliphatic heterocycles. The van der Waals surface area contributed by atoms with E-state index in [2.05, 4.69) is 80.5 Å². The second-order valence-corrected chi connectivity index (χ2v) is 14.4. The number of nitrogens with zero attached hydrogens (tertiary/aromatic N) is 2. The Morgan fingerprint density at radius 2 is 1.26 bits per heavy atom. The van der Waals surface area contributed by atoms with Crippen LogP contribution in [0.4, 0.5) is 17.1 Å². The van der Waals surface area contributed by atoms with Gasteiger partial charge in [-0.1, -0.05) is 43.3 Å². The van der Waals surface area contributed by atoms with Crippen molar-refractivity contribution in [2.24, 2.45) is 0 Å². The molecule has 4 aromatic carbocycles. The van der Waals surface area contributed by atoms with Crippen molar-refractivity contribution in [2.45, 2.75) is 41.9 Å². The van der Waals surface area contributed by atoms with E-state index < -0.39 is 0 Å². The standard InChI is InChI=1S/C41H42N6O4S2/c1-28(30-14-18-34(19-15-30)46-53-37-11-7-9-32(25-37)41(50)44-35-20-21-38(51-2)42-26-35)29-12-16-33(17-13-29)45-52-36-10-6-8-31(24-36)40(49)43-27-39(48)47-22-4-3-5-23-47/h6-21,24-26,28,45-46H,3-5,22-23,27H2,1-2H3,(H,43,49)(H,44,50). The number of aromatic nitrogens is 1. The molecule has 0 spiro atoms. The highest BCUT2D eigenvalue weighted by atomic mass is 32.2. The Labute approximate surface area is 318 Å². The second-order valence-electron chi connectivity index (χ2n) is 12.6. The molecule has 1 aromatic heterocycles. The minimum absolute atomic E-state index is 0.0168. The summed E-state index contributed by atoms with van der Waals surface area (Å²) < 4.78 is 11.8. The zero-order chi connectivity index (χ0) is 37.0. The summed E-state index contributed by atoms with van der Waals surface area (Å²) in [5.74, 6) is 0.169. The Morgan fingerprint density at radius 3 is 1.79 bits per heavy atom. The van der Waals surface area contributed by atoms with Crippen molar-refractivity contribution in [3.63, 3.8) is 0 Å². The van der Waals surface area contributed by atoms with Crippen molar-refractivity contribution in [1.82, 2.24) is 15.2 Å². The fourth-order valence-corrected chi connectivity index (χ4v) is 7.21. The van der Waals surface area contributed by atoms with Crippen molar-refractivity contribution < 1.29 is 19.1 Å². The van der Waals surface area contributed by atoms with Crippen molar-refractivity contribution in [3.8, 4) is 5.88 Å². The largest absolute Gasteiger partial charge is 0.481 e. The molecule has 2 heterocycles. The first-order chi connectivity index (χ1) is 25.8. The summed E-state index contributed by atoms with van der Waals surface area (Å²) in [5.41, 5.74) is 5.93. The topological polar surface area (TPSA) is 125 Å². The third-order valence-electron chi connectivity index (χ3n) is 8.90. The summed E-state index contributed by atoms with van der Waals surface area (Å²) in [6.45, 7) is 3.74. The van der Waals surface area contributed by atoms with E-state index in [1.54, 1.807) is 37.6 Å². The first-order valence-corrected chi connectivity index (χ1v) is 19.1. The number of benzene rings is 4. The van der Waals surface area contributed by atoms with Crippen LogP contribution in [0.15, 0.2) is 125 Å². The molecule has 1 aliphatic rings. The number of pyridine rings is 1. The first-order valence-electron chi connectivity index (χ1n) is 17.5. The number of carbonyl (C=O) groups is 3. The van der Waals surface area contributed by atoms with E-state index in [-0.39, 0.29) is 30.2 Å². The van der Waals surface area contributed by atoms with E-state index in [1.807, 2.05) is 41.3 Å². The van der Waals surface area contributed by atoms with Gasteiger partial charge in [0.1, 0.15) is 0 Å². The molecule has 10 nitrogen and oxygen atoms in total. The number of hydrogen-bond acceptors (Lipinski definition) is 9. The maximum absolute atomic E-state index is 12.8. The van der Waals surface area contributed by atoms with Gasteiger partial charge in [-0.05, 0) is 121 Å². The van der Waals surface area contributed by atoms with Crippen LogP contribution in [0.5, 0.6) is 5.88 Å². The monoisotopic (exact) mass is 746 g/mol. The Morgan fingerprint density at radius 1 is 0.717 bits per heavy atom. The molecule has 1 unspecified atom stereocenters. The smallest absolute Gasteiger partial charge is 0.255 e. The molecule has 272 valence electrons. The van der Waals surface area contributed by atoms with E-state index in [1.165, 1.54) is 35.0 Å². The highest BCUT2D eigenvalue weighted by Crippen LogP contribution is 2.29. The van der Waals surface area contributed by atoms with Gasteiger partial charge in [-0.25, -0.2) is 4.98 Å². The van der Waals surface area contributed by atoms with Crippen LogP contribution < -0.4 is 24.8 Å². The third-order valence-corrected chi connectivity index (χ3v) is 10.6. The number of methoxy groups -OCH3 is 1. The summed E-state index contributed by atoms with van der Waals surface area (Å²) >= 11 is 2.87. The van der Waals surface area contributed by atoms with Crippen LogP contribution in [0.2, 0.25) is 0 Å². The van der Waals surface area contributed by atoms with Crippen LogP contribution in [0.1, 0.15) is 63.9 Å². The number of nitrogens with one attached hydrogen (secondary N) is 4. The fraction of sp³-hybridized carbons (Fsp3) is 0.220. The number of rotatable bonds is 14. The van der Waals surface area contributed by atoms with Gasteiger partial charge in [-0.2, -0.15) is 0 Å². The maximum atomic E-state index is 12.8. The highest BCUT2D eigenvalue weighted by molar-refractivity contribution is 8.00. The van der Waals surface area contributed by atoms with Crippen LogP contribution in [-0.4, -0.2) is 54.3 Å². The predicted octanol–water partition coefficient (Wildman–Crippen LogP) is 8.48. The Balaban J connectivity index is 0.960. The van der Waals surface area contributed by atoms with E-state index in [0.29, 0.717) is 22.7 Å². The molecule has 0 aliphatic carbocycles. The Bertz CT molecular complexity index is 2000. The molecule has 1 atom stereocenters. The molecular weight excluding hydrogens is 705 g/mol. The second kappa shape index (κ2) is 18.3. The van der Waals surface area contributed by atoms with Gasteiger partial charge >= 0.3 is 0 Å². The van der Waals surface area contributed by atoms with Crippen LogP contribution in [0.3, 0.4) is 0 Å². The van der Waals surface area contributed by atoms with Crippen LogP contribution in [0.25, 0.3) is 0 Å². The summed E-state index contributed by atoms with van der Waals surface area (Å²) in [6.07, 6.45) is 4.76. The van der Waals surface area contributed by atoms with E-state index >= 15 is 0 Å².